The molecule has 0 bridgehead atoms. The molecule has 0 saturated carbocycles. The molecule has 4 nitrogen and oxygen atoms in total. The molecular formula is C11H14Br2N2O2. The number of nitrogens with one attached hydrogen (secondary N) is 1. The maximum Gasteiger partial charge on any atom is 0.140 e. The highest BCUT2D eigenvalue weighted by atomic mass is 79.9. The van der Waals surface area contributed by atoms with Crippen LogP contribution in [-0.2, 0) is 9.47 Å². The van der Waals surface area contributed by atoms with Crippen molar-refractivity contribution in [2.75, 3.05) is 32.2 Å². The minimum atomic E-state index is -0.228. The van der Waals surface area contributed by atoms with Gasteiger partial charge in [0.05, 0.1) is 11.1 Å². The molecule has 6 heteroatoms. The lowest BCUT2D eigenvalue weighted by atomic mass is 10.0. The van der Waals surface area contributed by atoms with Gasteiger partial charge in [0.15, 0.2) is 0 Å². The van der Waals surface area contributed by atoms with Crippen LogP contribution < -0.4 is 5.32 Å². The summed E-state index contributed by atoms with van der Waals surface area (Å²) in [7, 11) is 1.72. The monoisotopic (exact) mass is 364 g/mol. The summed E-state index contributed by atoms with van der Waals surface area (Å²) in [6.07, 6.45) is 2.67. The Balaban J connectivity index is 2.01. The molecule has 1 saturated heterocycles. The minimum absolute atomic E-state index is 0.228. The molecule has 1 atom stereocenters. The van der Waals surface area contributed by atoms with Crippen molar-refractivity contribution in [2.24, 2.45) is 0 Å². The summed E-state index contributed by atoms with van der Waals surface area (Å²) in [5.74, 6) is 0.816. The standard InChI is InChI=1S/C11H14Br2N2O2/c1-16-11(2-3-17-7-11)6-15-10-9(13)4-8(12)5-14-10/h4-5H,2-3,6-7H2,1H3,(H,14,15). The summed E-state index contributed by atoms with van der Waals surface area (Å²) in [6.45, 7) is 2.08. The van der Waals surface area contributed by atoms with Crippen LogP contribution in [0.3, 0.4) is 0 Å². The Hall–Kier alpha value is -0.170. The molecule has 1 aromatic rings. The van der Waals surface area contributed by atoms with Crippen molar-refractivity contribution in [1.29, 1.82) is 0 Å². The fourth-order valence-corrected chi connectivity index (χ4v) is 2.88. The number of halogens is 2. The summed E-state index contributed by atoms with van der Waals surface area (Å²) in [6, 6.07) is 1.96. The first-order valence-electron chi connectivity index (χ1n) is 5.33. The first-order chi connectivity index (χ1) is 8.15. The molecule has 0 aliphatic carbocycles. The van der Waals surface area contributed by atoms with Crippen LogP contribution >= 0.6 is 31.9 Å². The molecule has 0 amide bonds. The van der Waals surface area contributed by atoms with Gasteiger partial charge in [0, 0.05) is 37.4 Å². The summed E-state index contributed by atoms with van der Waals surface area (Å²) in [5, 5.41) is 3.29. The Bertz CT molecular complexity index is 395. The third-order valence-electron chi connectivity index (χ3n) is 2.89. The number of rotatable bonds is 4. The SMILES string of the molecule is COC1(CNc2ncc(Br)cc2Br)CCOC1. The topological polar surface area (TPSA) is 43.4 Å². The number of nitrogens with zero attached hydrogens (tertiary/aromatic N) is 1. The van der Waals surface area contributed by atoms with E-state index in [1.807, 2.05) is 6.07 Å². The first-order valence-corrected chi connectivity index (χ1v) is 6.92. The van der Waals surface area contributed by atoms with Crippen LogP contribution in [0.2, 0.25) is 0 Å². The maximum atomic E-state index is 5.54. The van der Waals surface area contributed by atoms with E-state index in [4.69, 9.17) is 9.47 Å². The fraction of sp³-hybridized carbons (Fsp3) is 0.545. The second kappa shape index (κ2) is 5.65. The van der Waals surface area contributed by atoms with E-state index in [1.165, 1.54) is 0 Å². The van der Waals surface area contributed by atoms with Gasteiger partial charge < -0.3 is 14.8 Å². The summed E-state index contributed by atoms with van der Waals surface area (Å²) in [4.78, 5) is 4.30. The number of anilines is 1. The molecule has 2 rings (SSSR count). The molecule has 1 N–H and O–H groups in total. The van der Waals surface area contributed by atoms with Crippen LogP contribution in [0.25, 0.3) is 0 Å². The largest absolute Gasteiger partial charge is 0.378 e. The van der Waals surface area contributed by atoms with Gasteiger partial charge in [-0.2, -0.15) is 0 Å². The lowest BCUT2D eigenvalue weighted by molar-refractivity contribution is -0.00626. The number of hydrogen-bond donors (Lipinski definition) is 1. The van der Waals surface area contributed by atoms with Crippen molar-refractivity contribution in [2.45, 2.75) is 12.0 Å². The molecule has 1 unspecified atom stereocenters. The predicted octanol–water partition coefficient (Wildman–Crippen LogP) is 2.82. The van der Waals surface area contributed by atoms with Gasteiger partial charge in [0.2, 0.25) is 0 Å². The van der Waals surface area contributed by atoms with E-state index in [2.05, 4.69) is 42.2 Å². The molecule has 0 spiro atoms. The van der Waals surface area contributed by atoms with Crippen molar-refractivity contribution < 1.29 is 9.47 Å². The maximum absolute atomic E-state index is 5.54. The van der Waals surface area contributed by atoms with Crippen LogP contribution in [0.1, 0.15) is 6.42 Å². The molecule has 1 aromatic heterocycles. The summed E-state index contributed by atoms with van der Waals surface area (Å²) >= 11 is 6.84. The predicted molar refractivity (Wildman–Crippen MR) is 73.3 cm³/mol. The fourth-order valence-electron chi connectivity index (χ4n) is 1.75. The summed E-state index contributed by atoms with van der Waals surface area (Å²) in [5.41, 5.74) is -0.228. The normalized spacial score (nSPS) is 23.9. The van der Waals surface area contributed by atoms with E-state index in [-0.39, 0.29) is 5.60 Å². The Morgan fingerprint density at radius 2 is 2.41 bits per heavy atom. The Kier molecular flexibility index (Phi) is 4.41. The smallest absolute Gasteiger partial charge is 0.140 e. The van der Waals surface area contributed by atoms with E-state index in [1.54, 1.807) is 13.3 Å². The molecule has 0 radical (unpaired) electrons. The highest BCUT2D eigenvalue weighted by molar-refractivity contribution is 9.11. The van der Waals surface area contributed by atoms with Crippen LogP contribution in [-0.4, -0.2) is 37.5 Å². The highest BCUT2D eigenvalue weighted by Gasteiger charge is 2.34. The molecule has 17 heavy (non-hydrogen) atoms. The Labute approximate surface area is 117 Å². The molecular weight excluding hydrogens is 352 g/mol. The van der Waals surface area contributed by atoms with Crippen molar-refractivity contribution in [3.05, 3.63) is 21.2 Å². The molecule has 1 aliphatic rings. The molecule has 2 heterocycles. The lowest BCUT2D eigenvalue weighted by Gasteiger charge is -2.26. The van der Waals surface area contributed by atoms with E-state index in [0.29, 0.717) is 13.2 Å². The number of hydrogen-bond acceptors (Lipinski definition) is 4. The van der Waals surface area contributed by atoms with Crippen molar-refractivity contribution in [1.82, 2.24) is 4.98 Å². The van der Waals surface area contributed by atoms with Crippen LogP contribution in [0.5, 0.6) is 0 Å². The van der Waals surface area contributed by atoms with Gasteiger partial charge in [-0.05, 0) is 37.9 Å². The average Bonchev–Trinajstić information content (AvgIpc) is 2.77. The van der Waals surface area contributed by atoms with Gasteiger partial charge in [-0.1, -0.05) is 0 Å². The van der Waals surface area contributed by atoms with Gasteiger partial charge in [0.1, 0.15) is 11.4 Å². The number of methoxy groups -OCH3 is 1. The minimum Gasteiger partial charge on any atom is -0.378 e. The van der Waals surface area contributed by atoms with Crippen molar-refractivity contribution >= 4 is 37.7 Å². The zero-order valence-electron chi connectivity index (χ0n) is 9.50. The highest BCUT2D eigenvalue weighted by Crippen LogP contribution is 2.26. The number of aromatic nitrogens is 1. The van der Waals surface area contributed by atoms with Crippen LogP contribution in [0.15, 0.2) is 21.2 Å². The van der Waals surface area contributed by atoms with E-state index in [9.17, 15) is 0 Å². The average molecular weight is 366 g/mol. The van der Waals surface area contributed by atoms with Gasteiger partial charge in [0.25, 0.3) is 0 Å². The Morgan fingerprint density at radius 1 is 1.59 bits per heavy atom. The van der Waals surface area contributed by atoms with E-state index >= 15 is 0 Å². The van der Waals surface area contributed by atoms with Gasteiger partial charge in [-0.3, -0.25) is 0 Å². The zero-order valence-corrected chi connectivity index (χ0v) is 12.7. The quantitative estimate of drug-likeness (QED) is 0.890. The third-order valence-corrected chi connectivity index (χ3v) is 3.92. The molecule has 1 fully saturated rings. The van der Waals surface area contributed by atoms with Gasteiger partial charge in [-0.15, -0.1) is 0 Å². The summed E-state index contributed by atoms with van der Waals surface area (Å²) < 4.78 is 12.8. The lowest BCUT2D eigenvalue weighted by Crippen LogP contribution is -2.39. The second-order valence-corrected chi connectivity index (χ2v) is 5.80. The van der Waals surface area contributed by atoms with E-state index in [0.717, 1.165) is 27.8 Å². The van der Waals surface area contributed by atoms with Crippen molar-refractivity contribution in [3.8, 4) is 0 Å². The third kappa shape index (κ3) is 3.19. The van der Waals surface area contributed by atoms with Crippen LogP contribution in [0, 0.1) is 0 Å². The second-order valence-electron chi connectivity index (χ2n) is 4.03. The molecule has 1 aliphatic heterocycles. The van der Waals surface area contributed by atoms with E-state index < -0.39 is 0 Å². The first kappa shape index (κ1) is 13.3. The zero-order chi connectivity index (χ0) is 12.3. The van der Waals surface area contributed by atoms with Crippen molar-refractivity contribution in [3.63, 3.8) is 0 Å². The molecule has 0 aromatic carbocycles. The van der Waals surface area contributed by atoms with Crippen LogP contribution in [0.4, 0.5) is 5.82 Å². The van der Waals surface area contributed by atoms with Gasteiger partial charge in [-0.25, -0.2) is 4.98 Å². The number of pyridine rings is 1. The Morgan fingerprint density at radius 3 is 3.00 bits per heavy atom. The number of ether oxygens (including phenoxy) is 2. The molecule has 94 valence electrons. The van der Waals surface area contributed by atoms with Gasteiger partial charge >= 0.3 is 0 Å².